The summed E-state index contributed by atoms with van der Waals surface area (Å²) in [5.74, 6) is 0. The first kappa shape index (κ1) is 13.7. The summed E-state index contributed by atoms with van der Waals surface area (Å²) in [5, 5.41) is -0.414. The molecule has 0 amide bonds. The zero-order chi connectivity index (χ0) is 11.8. The molecule has 1 heterocycles. The molecular formula is C9H12Br2O2S2. The Hall–Kier alpha value is 0.610. The number of alkyl halides is 1. The normalized spacial score (nSPS) is 16.3. The predicted molar refractivity (Wildman–Crippen MR) is 72.7 cm³/mol. The van der Waals surface area contributed by atoms with Crippen molar-refractivity contribution in [3.63, 3.8) is 0 Å². The first-order valence-electron chi connectivity index (χ1n) is 4.32. The molecule has 1 aromatic heterocycles. The molecule has 86 valence electrons. The van der Waals surface area contributed by atoms with E-state index in [-0.39, 0.29) is 4.83 Å². The third-order valence-corrected chi connectivity index (χ3v) is 8.02. The van der Waals surface area contributed by atoms with E-state index in [1.807, 2.05) is 13.0 Å². The second-order valence-corrected chi connectivity index (χ2v) is 9.02. The van der Waals surface area contributed by atoms with Crippen LogP contribution in [-0.4, -0.2) is 19.9 Å². The Morgan fingerprint density at radius 1 is 1.47 bits per heavy atom. The fourth-order valence-electron chi connectivity index (χ4n) is 1.07. The fourth-order valence-corrected chi connectivity index (χ4v) is 4.97. The van der Waals surface area contributed by atoms with Crippen LogP contribution in [0.5, 0.6) is 0 Å². The summed E-state index contributed by atoms with van der Waals surface area (Å²) in [4.78, 5) is 2.06. The largest absolute Gasteiger partial charge is 0.229 e. The van der Waals surface area contributed by atoms with E-state index in [0.717, 1.165) is 14.2 Å². The van der Waals surface area contributed by atoms with Crippen LogP contribution in [0.15, 0.2) is 10.5 Å². The third kappa shape index (κ3) is 3.28. The van der Waals surface area contributed by atoms with Gasteiger partial charge in [0, 0.05) is 20.5 Å². The molecule has 2 unspecified atom stereocenters. The van der Waals surface area contributed by atoms with Gasteiger partial charge >= 0.3 is 0 Å². The number of hydrogen-bond donors (Lipinski definition) is 0. The minimum atomic E-state index is -3.01. The van der Waals surface area contributed by atoms with Crippen molar-refractivity contribution in [3.05, 3.63) is 20.3 Å². The van der Waals surface area contributed by atoms with E-state index < -0.39 is 15.1 Å². The van der Waals surface area contributed by atoms with Crippen LogP contribution in [0.2, 0.25) is 0 Å². The zero-order valence-electron chi connectivity index (χ0n) is 8.62. The lowest BCUT2D eigenvalue weighted by Crippen LogP contribution is -2.20. The molecule has 0 N–H and O–H groups in total. The maximum atomic E-state index is 11.4. The molecule has 6 heteroatoms. The van der Waals surface area contributed by atoms with Gasteiger partial charge in [-0.25, -0.2) is 8.42 Å². The van der Waals surface area contributed by atoms with E-state index in [2.05, 4.69) is 31.9 Å². The predicted octanol–water partition coefficient (Wildman–Crippen LogP) is 3.69. The van der Waals surface area contributed by atoms with Crippen molar-refractivity contribution in [2.24, 2.45) is 0 Å². The maximum absolute atomic E-state index is 11.4. The van der Waals surface area contributed by atoms with Crippen LogP contribution < -0.4 is 0 Å². The second kappa shape index (κ2) is 4.85. The van der Waals surface area contributed by atoms with Crippen molar-refractivity contribution in [2.75, 3.05) is 6.26 Å². The number of aryl methyl sites for hydroxylation is 1. The monoisotopic (exact) mass is 374 g/mol. The molecular weight excluding hydrogens is 364 g/mol. The average Bonchev–Trinajstić information content (AvgIpc) is 2.43. The minimum absolute atomic E-state index is 0.137. The number of sulfone groups is 1. The van der Waals surface area contributed by atoms with Gasteiger partial charge in [0.05, 0.1) is 10.1 Å². The van der Waals surface area contributed by atoms with E-state index in [1.165, 1.54) is 6.26 Å². The second-order valence-electron chi connectivity index (χ2n) is 3.49. The molecule has 0 bridgehead atoms. The molecule has 0 saturated heterocycles. The highest BCUT2D eigenvalue weighted by Crippen LogP contribution is 2.38. The third-order valence-electron chi connectivity index (χ3n) is 2.24. The standard InChI is InChI=1S/C9H12Br2O2S2/c1-5-7(10)4-8(14-5)9(11)6(2)15(3,12)13/h4,6,9H,1-3H3. The number of hydrogen-bond acceptors (Lipinski definition) is 3. The van der Waals surface area contributed by atoms with Gasteiger partial charge in [0.15, 0.2) is 9.84 Å². The molecule has 0 saturated carbocycles. The Balaban J connectivity index is 3.00. The summed E-state index contributed by atoms with van der Waals surface area (Å²) in [7, 11) is -3.01. The van der Waals surface area contributed by atoms with E-state index in [0.29, 0.717) is 0 Å². The molecule has 0 aliphatic heterocycles. The van der Waals surface area contributed by atoms with Gasteiger partial charge in [-0.05, 0) is 35.8 Å². The SMILES string of the molecule is Cc1sc(C(Br)C(C)S(C)(=O)=O)cc1Br. The van der Waals surface area contributed by atoms with Crippen molar-refractivity contribution < 1.29 is 8.42 Å². The number of thiophene rings is 1. The van der Waals surface area contributed by atoms with Crippen LogP contribution in [0.4, 0.5) is 0 Å². The Labute approximate surface area is 111 Å². The molecule has 1 rings (SSSR count). The highest BCUT2D eigenvalue weighted by atomic mass is 79.9. The van der Waals surface area contributed by atoms with Gasteiger partial charge in [0.2, 0.25) is 0 Å². The molecule has 0 aliphatic carbocycles. The molecule has 0 radical (unpaired) electrons. The number of halogens is 2. The minimum Gasteiger partial charge on any atom is -0.229 e. The average molecular weight is 376 g/mol. The molecule has 15 heavy (non-hydrogen) atoms. The molecule has 0 spiro atoms. The molecule has 2 nitrogen and oxygen atoms in total. The van der Waals surface area contributed by atoms with Gasteiger partial charge in [-0.2, -0.15) is 0 Å². The van der Waals surface area contributed by atoms with Crippen molar-refractivity contribution in [3.8, 4) is 0 Å². The molecule has 0 aromatic carbocycles. The van der Waals surface area contributed by atoms with E-state index in [4.69, 9.17) is 0 Å². The van der Waals surface area contributed by atoms with Crippen LogP contribution in [0.3, 0.4) is 0 Å². The summed E-state index contributed by atoms with van der Waals surface area (Å²) in [6.45, 7) is 3.72. The summed E-state index contributed by atoms with van der Waals surface area (Å²) < 4.78 is 23.8. The van der Waals surface area contributed by atoms with Crippen molar-refractivity contribution in [1.82, 2.24) is 0 Å². The zero-order valence-corrected chi connectivity index (χ0v) is 13.4. The lowest BCUT2D eigenvalue weighted by atomic mass is 10.3. The first-order valence-corrected chi connectivity index (χ1v) is 8.80. The van der Waals surface area contributed by atoms with Gasteiger partial charge in [-0.15, -0.1) is 11.3 Å². The van der Waals surface area contributed by atoms with E-state index >= 15 is 0 Å². The van der Waals surface area contributed by atoms with E-state index in [9.17, 15) is 8.42 Å². The maximum Gasteiger partial charge on any atom is 0.151 e. The molecule has 0 fully saturated rings. The molecule has 1 aromatic rings. The summed E-state index contributed by atoms with van der Waals surface area (Å²) in [6.07, 6.45) is 1.27. The van der Waals surface area contributed by atoms with Crippen LogP contribution in [0.1, 0.15) is 21.5 Å². The Kier molecular flexibility index (Phi) is 4.43. The topological polar surface area (TPSA) is 34.1 Å². The van der Waals surface area contributed by atoms with Crippen molar-refractivity contribution in [1.29, 1.82) is 0 Å². The number of rotatable bonds is 3. The quantitative estimate of drug-likeness (QED) is 0.755. The summed E-state index contributed by atoms with van der Waals surface area (Å²) in [5.41, 5.74) is 0. The van der Waals surface area contributed by atoms with Gasteiger partial charge in [-0.1, -0.05) is 15.9 Å². The first-order chi connectivity index (χ1) is 6.73. The van der Waals surface area contributed by atoms with Crippen LogP contribution in [0, 0.1) is 6.92 Å². The molecule has 0 aliphatic rings. The van der Waals surface area contributed by atoms with Crippen LogP contribution in [-0.2, 0) is 9.84 Å². The van der Waals surface area contributed by atoms with E-state index in [1.54, 1.807) is 18.3 Å². The Bertz CT molecular complexity index is 431. The van der Waals surface area contributed by atoms with Gasteiger partial charge in [0.25, 0.3) is 0 Å². The fraction of sp³-hybridized carbons (Fsp3) is 0.556. The van der Waals surface area contributed by atoms with Gasteiger partial charge < -0.3 is 0 Å². The van der Waals surface area contributed by atoms with Crippen molar-refractivity contribution >= 4 is 53.0 Å². The smallest absolute Gasteiger partial charge is 0.151 e. The lowest BCUT2D eigenvalue weighted by molar-refractivity contribution is 0.589. The highest BCUT2D eigenvalue weighted by molar-refractivity contribution is 9.10. The van der Waals surface area contributed by atoms with Gasteiger partial charge in [-0.3, -0.25) is 0 Å². The summed E-state index contributed by atoms with van der Waals surface area (Å²) in [6, 6.07) is 1.97. The molecule has 2 atom stereocenters. The summed E-state index contributed by atoms with van der Waals surface area (Å²) >= 11 is 8.48. The Morgan fingerprint density at radius 2 is 2.00 bits per heavy atom. The van der Waals surface area contributed by atoms with Crippen LogP contribution >= 0.6 is 43.2 Å². The highest BCUT2D eigenvalue weighted by Gasteiger charge is 2.26. The lowest BCUT2D eigenvalue weighted by Gasteiger charge is -2.14. The van der Waals surface area contributed by atoms with Gasteiger partial charge in [0.1, 0.15) is 0 Å². The Morgan fingerprint density at radius 3 is 2.33 bits per heavy atom. The van der Waals surface area contributed by atoms with Crippen LogP contribution in [0.25, 0.3) is 0 Å². The van der Waals surface area contributed by atoms with Crippen molar-refractivity contribution in [2.45, 2.75) is 23.9 Å².